The van der Waals surface area contributed by atoms with Crippen LogP contribution in [0.2, 0.25) is 0 Å². The molecule has 3 rings (SSSR count). The first-order valence-corrected chi connectivity index (χ1v) is 10.7. The fraction of sp³-hybridized carbons (Fsp3) is 0.471. The molecule has 1 aromatic carbocycles. The Labute approximate surface area is 169 Å². The normalized spacial score (nSPS) is 18.2. The van der Waals surface area contributed by atoms with Crippen LogP contribution in [0.15, 0.2) is 28.3 Å². The van der Waals surface area contributed by atoms with E-state index in [1.807, 2.05) is 26.8 Å². The second kappa shape index (κ2) is 7.34. The van der Waals surface area contributed by atoms with E-state index in [9.17, 15) is 21.6 Å². The number of aromatic nitrogens is 2. The second-order valence-corrected chi connectivity index (χ2v) is 9.34. The van der Waals surface area contributed by atoms with Gasteiger partial charge in [-0.05, 0) is 48.3 Å². The fourth-order valence-corrected chi connectivity index (χ4v) is 3.89. The lowest BCUT2D eigenvalue weighted by atomic mass is 10.1. The minimum atomic E-state index is -5.82. The third-order valence-corrected chi connectivity index (χ3v) is 6.11. The molecular weight excluding hydrogens is 463 g/mol. The van der Waals surface area contributed by atoms with Crippen LogP contribution in [0.25, 0.3) is 11.0 Å². The first-order valence-electron chi connectivity index (χ1n) is 8.46. The van der Waals surface area contributed by atoms with E-state index in [-0.39, 0.29) is 12.6 Å². The molecule has 154 valence electrons. The zero-order valence-electron chi connectivity index (χ0n) is 15.4. The van der Waals surface area contributed by atoms with Crippen LogP contribution >= 0.6 is 15.9 Å². The first kappa shape index (κ1) is 21.1. The number of rotatable bonds is 4. The Morgan fingerprint density at radius 2 is 2.07 bits per heavy atom. The average molecular weight is 482 g/mol. The summed E-state index contributed by atoms with van der Waals surface area (Å²) in [6.45, 7) is 7.35. The molecule has 0 aliphatic carbocycles. The maximum Gasteiger partial charge on any atom is 0.534 e. The molecule has 1 atom stereocenters. The number of hydrogen-bond donors (Lipinski definition) is 0. The maximum absolute atomic E-state index is 12.8. The highest BCUT2D eigenvalue weighted by molar-refractivity contribution is 9.10. The lowest BCUT2D eigenvalue weighted by Gasteiger charge is -2.26. The molecule has 2 heterocycles. The molecule has 0 fully saturated rings. The zero-order valence-corrected chi connectivity index (χ0v) is 17.8. The Hall–Kier alpha value is -1.59. The minimum Gasteiger partial charge on any atom is -0.338 e. The van der Waals surface area contributed by atoms with Gasteiger partial charge in [-0.15, -0.1) is 0 Å². The minimum absolute atomic E-state index is 0.0879. The molecule has 1 aromatic heterocycles. The molecule has 11 heteroatoms. The van der Waals surface area contributed by atoms with Crippen LogP contribution in [0.3, 0.4) is 0 Å². The summed E-state index contributed by atoms with van der Waals surface area (Å²) in [4.78, 5) is 6.20. The lowest BCUT2D eigenvalue weighted by Crippen LogP contribution is -2.35. The van der Waals surface area contributed by atoms with Crippen LogP contribution < -0.4 is 4.18 Å². The molecule has 0 unspecified atom stereocenters. The summed E-state index contributed by atoms with van der Waals surface area (Å²) in [5.74, 6) is 0. The van der Waals surface area contributed by atoms with Gasteiger partial charge >= 0.3 is 21.6 Å². The van der Waals surface area contributed by atoms with E-state index in [0.29, 0.717) is 28.6 Å². The van der Waals surface area contributed by atoms with Gasteiger partial charge in [0.2, 0.25) is 0 Å². The van der Waals surface area contributed by atoms with Crippen molar-refractivity contribution in [3.63, 3.8) is 0 Å². The van der Waals surface area contributed by atoms with E-state index < -0.39 is 21.6 Å². The number of alkyl halides is 3. The number of imidazole rings is 1. The van der Waals surface area contributed by atoms with Crippen molar-refractivity contribution in [1.29, 1.82) is 0 Å². The van der Waals surface area contributed by atoms with Crippen molar-refractivity contribution in [3.8, 4) is 6.01 Å². The van der Waals surface area contributed by atoms with Crippen LogP contribution in [-0.2, 0) is 23.2 Å². The largest absolute Gasteiger partial charge is 0.534 e. The Kier molecular flexibility index (Phi) is 5.54. The summed E-state index contributed by atoms with van der Waals surface area (Å²) in [6, 6.07) is 2.92. The number of allylic oxidation sites excluding steroid dienone is 1. The molecule has 0 amide bonds. The van der Waals surface area contributed by atoms with E-state index in [2.05, 4.69) is 36.1 Å². The van der Waals surface area contributed by atoms with Crippen LogP contribution in [0.1, 0.15) is 26.3 Å². The molecule has 1 aliphatic rings. The zero-order chi connectivity index (χ0) is 20.9. The van der Waals surface area contributed by atoms with Crippen LogP contribution in [0.5, 0.6) is 6.01 Å². The summed E-state index contributed by atoms with van der Waals surface area (Å²) < 4.78 is 67.8. The van der Waals surface area contributed by atoms with Gasteiger partial charge in [-0.3, -0.25) is 9.47 Å². The van der Waals surface area contributed by atoms with Gasteiger partial charge in [0.05, 0.1) is 5.52 Å². The Balaban J connectivity index is 2.11. The van der Waals surface area contributed by atoms with Crippen molar-refractivity contribution in [2.45, 2.75) is 45.4 Å². The molecule has 0 saturated heterocycles. The van der Waals surface area contributed by atoms with E-state index in [0.717, 1.165) is 11.1 Å². The molecule has 28 heavy (non-hydrogen) atoms. The Morgan fingerprint density at radius 3 is 2.68 bits per heavy atom. The molecule has 0 radical (unpaired) electrons. The average Bonchev–Trinajstić information content (AvgIpc) is 2.83. The Bertz CT molecular complexity index is 1040. The van der Waals surface area contributed by atoms with E-state index in [4.69, 9.17) is 0 Å². The molecule has 0 saturated carbocycles. The van der Waals surface area contributed by atoms with Crippen molar-refractivity contribution in [2.75, 3.05) is 6.54 Å². The second-order valence-electron chi connectivity index (χ2n) is 6.95. The van der Waals surface area contributed by atoms with Gasteiger partial charge in [-0.2, -0.15) is 26.6 Å². The third-order valence-electron chi connectivity index (χ3n) is 4.54. The van der Waals surface area contributed by atoms with E-state index in [1.165, 1.54) is 4.57 Å². The van der Waals surface area contributed by atoms with Gasteiger partial charge in [0.15, 0.2) is 0 Å². The van der Waals surface area contributed by atoms with Crippen molar-refractivity contribution in [1.82, 2.24) is 14.5 Å². The number of halogens is 4. The summed E-state index contributed by atoms with van der Waals surface area (Å²) in [5, 5.41) is 0. The molecular formula is C17H19BrF3N3O3S. The number of hydrogen-bond acceptors (Lipinski definition) is 5. The van der Waals surface area contributed by atoms with Gasteiger partial charge in [-0.1, -0.05) is 17.7 Å². The van der Waals surface area contributed by atoms with Gasteiger partial charge in [0.1, 0.15) is 5.52 Å². The predicted molar refractivity (Wildman–Crippen MR) is 102 cm³/mol. The lowest BCUT2D eigenvalue weighted by molar-refractivity contribution is -0.0503. The van der Waals surface area contributed by atoms with Crippen molar-refractivity contribution in [3.05, 3.63) is 33.8 Å². The van der Waals surface area contributed by atoms with Crippen molar-refractivity contribution in [2.24, 2.45) is 0 Å². The van der Waals surface area contributed by atoms with Gasteiger partial charge in [0, 0.05) is 30.1 Å². The monoisotopic (exact) mass is 481 g/mol. The van der Waals surface area contributed by atoms with E-state index >= 15 is 0 Å². The molecule has 0 N–H and O–H groups in total. The first-order chi connectivity index (χ1) is 12.9. The molecule has 2 aromatic rings. The maximum atomic E-state index is 12.8. The SMILES string of the molecule is CC(C)=CCN1Cc2ccc(Br)c3nc(OS(=O)(=O)C(F)(F)F)n(c23)C[C@@H]1C. The van der Waals surface area contributed by atoms with Crippen LogP contribution in [0, 0.1) is 0 Å². The number of nitrogens with zero attached hydrogens (tertiary/aromatic N) is 3. The highest BCUT2D eigenvalue weighted by Gasteiger charge is 2.49. The molecule has 6 nitrogen and oxygen atoms in total. The summed E-state index contributed by atoms with van der Waals surface area (Å²) in [6.07, 6.45) is 2.07. The molecule has 0 bridgehead atoms. The van der Waals surface area contributed by atoms with Gasteiger partial charge in [-0.25, -0.2) is 0 Å². The summed E-state index contributed by atoms with van der Waals surface area (Å²) >= 11 is 3.33. The standard InChI is InChI=1S/C17H19BrF3N3O3S/c1-10(2)6-7-23-9-12-4-5-13(18)14-15(12)24(8-11(23)3)16(22-14)27-28(25,26)17(19,20)21/h4-6,11H,7-9H2,1-3H3/t11-/m0/s1. The van der Waals surface area contributed by atoms with Crippen molar-refractivity contribution >= 4 is 37.1 Å². The highest BCUT2D eigenvalue weighted by Crippen LogP contribution is 2.36. The van der Waals surface area contributed by atoms with Gasteiger partial charge in [0.25, 0.3) is 0 Å². The number of benzene rings is 1. The highest BCUT2D eigenvalue weighted by atomic mass is 79.9. The quantitative estimate of drug-likeness (QED) is 0.372. The molecule has 0 spiro atoms. The van der Waals surface area contributed by atoms with Crippen LogP contribution in [-0.4, -0.2) is 41.0 Å². The topological polar surface area (TPSA) is 64.4 Å². The smallest absolute Gasteiger partial charge is 0.338 e. The fourth-order valence-electron chi connectivity index (χ4n) is 3.06. The summed E-state index contributed by atoms with van der Waals surface area (Å²) in [5.41, 5.74) is -2.62. The third kappa shape index (κ3) is 3.92. The van der Waals surface area contributed by atoms with Crippen molar-refractivity contribution < 1.29 is 25.8 Å². The Morgan fingerprint density at radius 1 is 1.39 bits per heavy atom. The predicted octanol–water partition coefficient (Wildman–Crippen LogP) is 4.20. The van der Waals surface area contributed by atoms with Crippen LogP contribution in [0.4, 0.5) is 13.2 Å². The van der Waals surface area contributed by atoms with E-state index in [1.54, 1.807) is 6.07 Å². The summed E-state index contributed by atoms with van der Waals surface area (Å²) in [7, 11) is -5.82. The van der Waals surface area contributed by atoms with Gasteiger partial charge < -0.3 is 4.18 Å². The molecule has 1 aliphatic heterocycles.